The van der Waals surface area contributed by atoms with Crippen LogP contribution in [0.4, 0.5) is 0 Å². The minimum atomic E-state index is -0.373. The molecule has 1 aliphatic rings. The average Bonchev–Trinajstić information content (AvgIpc) is 2.82. The maximum absolute atomic E-state index is 12.3. The van der Waals surface area contributed by atoms with Crippen LogP contribution in [-0.2, 0) is 11.2 Å². The lowest BCUT2D eigenvalue weighted by Gasteiger charge is -2.34. The highest BCUT2D eigenvalue weighted by Crippen LogP contribution is 2.19. The molecule has 2 atom stereocenters. The van der Waals surface area contributed by atoms with Gasteiger partial charge < -0.3 is 10.6 Å². The molecule has 1 aromatic heterocycles. The molecule has 1 aliphatic heterocycles. The van der Waals surface area contributed by atoms with E-state index in [1.807, 2.05) is 6.92 Å². The summed E-state index contributed by atoms with van der Waals surface area (Å²) in [5, 5.41) is 8.56. The highest BCUT2D eigenvalue weighted by Gasteiger charge is 2.34. The van der Waals surface area contributed by atoms with Gasteiger partial charge in [0.05, 0.1) is 5.54 Å². The minimum absolute atomic E-state index is 0. The molecule has 0 aromatic carbocycles. The Kier molecular flexibility index (Phi) is 6.30. The van der Waals surface area contributed by atoms with Crippen LogP contribution in [0, 0.1) is 0 Å². The summed E-state index contributed by atoms with van der Waals surface area (Å²) in [5.74, 6) is 0.145. The monoisotopic (exact) mass is 302 g/mol. The molecule has 1 aromatic rings. The quantitative estimate of drug-likeness (QED) is 0.898. The molecule has 2 unspecified atom stereocenters. The molecule has 1 amide bonds. The Bertz CT molecular complexity index is 388. The number of nitrogens with one attached hydrogen (secondary N) is 2. The second kappa shape index (κ2) is 7.27. The standard InChI is InChI=1S/C14H22N2OS.ClH/c1-11(10-12-6-5-9-18-12)16-13(17)14(2)7-3-4-8-15-14;/h5-6,9,11,15H,3-4,7-8,10H2,1-2H3,(H,16,17);1H. The summed E-state index contributed by atoms with van der Waals surface area (Å²) < 4.78 is 0. The van der Waals surface area contributed by atoms with E-state index in [1.165, 1.54) is 11.3 Å². The zero-order valence-corrected chi connectivity index (χ0v) is 13.2. The Balaban J connectivity index is 0.00000180. The molecule has 0 spiro atoms. The molecular weight excluding hydrogens is 280 g/mol. The van der Waals surface area contributed by atoms with E-state index in [0.717, 1.165) is 25.8 Å². The van der Waals surface area contributed by atoms with Gasteiger partial charge >= 0.3 is 0 Å². The minimum Gasteiger partial charge on any atom is -0.352 e. The number of halogens is 1. The van der Waals surface area contributed by atoms with E-state index in [2.05, 4.69) is 35.1 Å². The van der Waals surface area contributed by atoms with Crippen LogP contribution in [0.2, 0.25) is 0 Å². The molecule has 2 N–H and O–H groups in total. The maximum Gasteiger partial charge on any atom is 0.240 e. The maximum atomic E-state index is 12.3. The smallest absolute Gasteiger partial charge is 0.240 e. The Morgan fingerprint density at radius 1 is 1.58 bits per heavy atom. The molecule has 1 fully saturated rings. The average molecular weight is 303 g/mol. The van der Waals surface area contributed by atoms with E-state index in [-0.39, 0.29) is 29.9 Å². The molecule has 2 heterocycles. The fraction of sp³-hybridized carbons (Fsp3) is 0.643. The van der Waals surface area contributed by atoms with E-state index in [1.54, 1.807) is 11.3 Å². The summed E-state index contributed by atoms with van der Waals surface area (Å²) in [5.41, 5.74) is -0.373. The summed E-state index contributed by atoms with van der Waals surface area (Å²) >= 11 is 1.75. The van der Waals surface area contributed by atoms with Crippen molar-refractivity contribution in [2.75, 3.05) is 6.54 Å². The van der Waals surface area contributed by atoms with Gasteiger partial charge in [-0.15, -0.1) is 23.7 Å². The van der Waals surface area contributed by atoms with Gasteiger partial charge in [-0.05, 0) is 51.1 Å². The first-order valence-electron chi connectivity index (χ1n) is 6.68. The first kappa shape index (κ1) is 16.5. The molecule has 0 radical (unpaired) electrons. The van der Waals surface area contributed by atoms with E-state index in [9.17, 15) is 4.79 Å². The summed E-state index contributed by atoms with van der Waals surface area (Å²) in [6.07, 6.45) is 4.16. The molecule has 2 rings (SSSR count). The van der Waals surface area contributed by atoms with Crippen molar-refractivity contribution in [3.63, 3.8) is 0 Å². The summed E-state index contributed by atoms with van der Waals surface area (Å²) in [6, 6.07) is 4.36. The van der Waals surface area contributed by atoms with Crippen LogP contribution in [0.25, 0.3) is 0 Å². The van der Waals surface area contributed by atoms with Crippen LogP contribution < -0.4 is 10.6 Å². The number of carbonyl (C=O) groups excluding carboxylic acids is 1. The lowest BCUT2D eigenvalue weighted by molar-refractivity contribution is -0.128. The molecule has 0 aliphatic carbocycles. The molecule has 1 saturated heterocycles. The highest BCUT2D eigenvalue weighted by atomic mass is 35.5. The summed E-state index contributed by atoms with van der Waals surface area (Å²) in [4.78, 5) is 13.6. The van der Waals surface area contributed by atoms with Crippen LogP contribution in [0.15, 0.2) is 17.5 Å². The lowest BCUT2D eigenvalue weighted by Crippen LogP contribution is -2.58. The van der Waals surface area contributed by atoms with Crippen molar-refractivity contribution >= 4 is 29.7 Å². The van der Waals surface area contributed by atoms with Gasteiger partial charge in [0.1, 0.15) is 0 Å². The molecule has 5 heteroatoms. The van der Waals surface area contributed by atoms with Gasteiger partial charge in [0.25, 0.3) is 0 Å². The van der Waals surface area contributed by atoms with E-state index in [4.69, 9.17) is 0 Å². The Morgan fingerprint density at radius 2 is 2.37 bits per heavy atom. The second-order valence-corrected chi connectivity index (χ2v) is 6.41. The van der Waals surface area contributed by atoms with E-state index in [0.29, 0.717) is 0 Å². The number of hydrogen-bond donors (Lipinski definition) is 2. The number of carbonyl (C=O) groups is 1. The van der Waals surface area contributed by atoms with Crippen LogP contribution in [0.1, 0.15) is 38.0 Å². The third-order valence-corrected chi connectivity index (χ3v) is 4.48. The molecule has 19 heavy (non-hydrogen) atoms. The molecule has 0 saturated carbocycles. The van der Waals surface area contributed by atoms with Gasteiger partial charge in [0.15, 0.2) is 0 Å². The predicted octanol–water partition coefficient (Wildman–Crippen LogP) is 2.75. The molecule has 108 valence electrons. The number of amides is 1. The Labute approximate surface area is 125 Å². The lowest BCUT2D eigenvalue weighted by atomic mass is 9.90. The number of hydrogen-bond acceptors (Lipinski definition) is 3. The number of thiophene rings is 1. The molecular formula is C14H23ClN2OS. The zero-order chi connectivity index (χ0) is 13.0. The first-order chi connectivity index (χ1) is 8.60. The predicted molar refractivity (Wildman–Crippen MR) is 83.1 cm³/mol. The summed E-state index contributed by atoms with van der Waals surface area (Å²) in [7, 11) is 0. The third-order valence-electron chi connectivity index (χ3n) is 3.58. The van der Waals surface area contributed by atoms with Crippen molar-refractivity contribution in [1.29, 1.82) is 0 Å². The van der Waals surface area contributed by atoms with Crippen LogP contribution in [0.3, 0.4) is 0 Å². The highest BCUT2D eigenvalue weighted by molar-refractivity contribution is 7.09. The number of piperidine rings is 1. The number of rotatable bonds is 4. The Hall–Kier alpha value is -0.580. The topological polar surface area (TPSA) is 41.1 Å². The second-order valence-electron chi connectivity index (χ2n) is 5.37. The van der Waals surface area contributed by atoms with Crippen molar-refractivity contribution in [2.45, 2.75) is 51.1 Å². The molecule has 3 nitrogen and oxygen atoms in total. The van der Waals surface area contributed by atoms with E-state index >= 15 is 0 Å². The van der Waals surface area contributed by atoms with Crippen LogP contribution >= 0.6 is 23.7 Å². The van der Waals surface area contributed by atoms with Crippen LogP contribution in [0.5, 0.6) is 0 Å². The van der Waals surface area contributed by atoms with Crippen molar-refractivity contribution in [3.05, 3.63) is 22.4 Å². The van der Waals surface area contributed by atoms with Gasteiger partial charge in [-0.2, -0.15) is 0 Å². The van der Waals surface area contributed by atoms with Crippen molar-refractivity contribution in [3.8, 4) is 0 Å². The fourth-order valence-corrected chi connectivity index (χ4v) is 3.25. The first-order valence-corrected chi connectivity index (χ1v) is 7.56. The third kappa shape index (κ3) is 4.48. The fourth-order valence-electron chi connectivity index (χ4n) is 2.41. The van der Waals surface area contributed by atoms with E-state index < -0.39 is 0 Å². The summed E-state index contributed by atoms with van der Waals surface area (Å²) in [6.45, 7) is 5.03. The largest absolute Gasteiger partial charge is 0.352 e. The van der Waals surface area contributed by atoms with Gasteiger partial charge in [-0.1, -0.05) is 6.07 Å². The Morgan fingerprint density at radius 3 is 2.95 bits per heavy atom. The van der Waals surface area contributed by atoms with Crippen molar-refractivity contribution in [2.24, 2.45) is 0 Å². The van der Waals surface area contributed by atoms with Gasteiger partial charge in [0.2, 0.25) is 5.91 Å². The van der Waals surface area contributed by atoms with Crippen molar-refractivity contribution < 1.29 is 4.79 Å². The molecule has 0 bridgehead atoms. The van der Waals surface area contributed by atoms with Crippen molar-refractivity contribution in [1.82, 2.24) is 10.6 Å². The zero-order valence-electron chi connectivity index (χ0n) is 11.6. The van der Waals surface area contributed by atoms with Gasteiger partial charge in [0, 0.05) is 17.3 Å². The van der Waals surface area contributed by atoms with Gasteiger partial charge in [-0.3, -0.25) is 4.79 Å². The van der Waals surface area contributed by atoms with Crippen LogP contribution in [-0.4, -0.2) is 24.0 Å². The SMILES string of the molecule is CC(Cc1cccs1)NC(=O)C1(C)CCCCN1.Cl. The van der Waals surface area contributed by atoms with Gasteiger partial charge in [-0.25, -0.2) is 0 Å². The normalized spacial score (nSPS) is 24.3.